The number of carboxylic acid groups (broad SMARTS) is 1. The fourth-order valence-electron chi connectivity index (χ4n) is 2.80. The molecular formula is C16H18BrClN2O5. The summed E-state index contributed by atoms with van der Waals surface area (Å²) in [6.45, 7) is 1.36. The fourth-order valence-corrected chi connectivity index (χ4v) is 3.40. The van der Waals surface area contributed by atoms with Gasteiger partial charge in [0.15, 0.2) is 0 Å². The van der Waals surface area contributed by atoms with Crippen molar-refractivity contribution in [1.82, 2.24) is 10.2 Å². The normalized spacial score (nSPS) is 21.0. The smallest absolute Gasteiger partial charge is 0.326 e. The molecule has 7 nitrogen and oxygen atoms in total. The van der Waals surface area contributed by atoms with E-state index in [0.29, 0.717) is 15.1 Å². The van der Waals surface area contributed by atoms with Gasteiger partial charge in [0.25, 0.3) is 0 Å². The first-order valence-electron chi connectivity index (χ1n) is 7.61. The quantitative estimate of drug-likeness (QED) is 0.647. The molecular weight excluding hydrogens is 416 g/mol. The predicted octanol–water partition coefficient (Wildman–Crippen LogP) is 1.20. The summed E-state index contributed by atoms with van der Waals surface area (Å²) in [6.07, 6.45) is -0.694. The van der Waals surface area contributed by atoms with Gasteiger partial charge in [0.2, 0.25) is 11.8 Å². The van der Waals surface area contributed by atoms with Gasteiger partial charge in [0, 0.05) is 35.8 Å². The van der Waals surface area contributed by atoms with E-state index in [1.807, 2.05) is 0 Å². The zero-order valence-corrected chi connectivity index (χ0v) is 15.7. The van der Waals surface area contributed by atoms with Crippen LogP contribution in [0, 0.1) is 0 Å². The van der Waals surface area contributed by atoms with E-state index in [1.54, 1.807) is 18.2 Å². The summed E-state index contributed by atoms with van der Waals surface area (Å²) in [4.78, 5) is 36.8. The molecule has 3 atom stereocenters. The third-order valence-electron chi connectivity index (χ3n) is 4.03. The number of nitrogens with zero attached hydrogens (tertiary/aromatic N) is 1. The van der Waals surface area contributed by atoms with Crippen LogP contribution >= 0.6 is 27.5 Å². The number of aliphatic carboxylic acids is 1. The molecule has 0 radical (unpaired) electrons. The summed E-state index contributed by atoms with van der Waals surface area (Å²) >= 11 is 9.26. The molecule has 1 aliphatic heterocycles. The molecule has 0 aromatic heterocycles. The molecule has 2 amide bonds. The van der Waals surface area contributed by atoms with Crippen molar-refractivity contribution < 1.29 is 24.6 Å². The Morgan fingerprint density at radius 3 is 2.72 bits per heavy atom. The van der Waals surface area contributed by atoms with E-state index in [9.17, 15) is 24.6 Å². The SMILES string of the molecule is CC(=O)N1C[C@H](O)C[C@H]1C(=O)N[C@@H](Cc1cc(Cl)ccc1Br)C(=O)O. The van der Waals surface area contributed by atoms with Gasteiger partial charge in [-0.25, -0.2) is 4.79 Å². The van der Waals surface area contributed by atoms with E-state index in [-0.39, 0.29) is 25.3 Å². The van der Waals surface area contributed by atoms with Gasteiger partial charge in [-0.05, 0) is 23.8 Å². The van der Waals surface area contributed by atoms with E-state index >= 15 is 0 Å². The van der Waals surface area contributed by atoms with Crippen molar-refractivity contribution in [2.75, 3.05) is 6.54 Å². The lowest BCUT2D eigenvalue weighted by atomic mass is 10.0. The van der Waals surface area contributed by atoms with E-state index < -0.39 is 30.1 Å². The van der Waals surface area contributed by atoms with Gasteiger partial charge in [-0.1, -0.05) is 27.5 Å². The highest BCUT2D eigenvalue weighted by Gasteiger charge is 2.38. The van der Waals surface area contributed by atoms with Crippen molar-refractivity contribution in [3.05, 3.63) is 33.3 Å². The summed E-state index contributed by atoms with van der Waals surface area (Å²) in [5.74, 6) is -2.15. The highest BCUT2D eigenvalue weighted by molar-refractivity contribution is 9.10. The summed E-state index contributed by atoms with van der Waals surface area (Å²) in [7, 11) is 0. The summed E-state index contributed by atoms with van der Waals surface area (Å²) < 4.78 is 0.680. The number of amides is 2. The molecule has 1 aromatic carbocycles. The molecule has 1 fully saturated rings. The van der Waals surface area contributed by atoms with Crippen LogP contribution in [0.3, 0.4) is 0 Å². The first-order chi connectivity index (χ1) is 11.7. The highest BCUT2D eigenvalue weighted by Crippen LogP contribution is 2.23. The number of rotatable bonds is 5. The Morgan fingerprint density at radius 2 is 2.12 bits per heavy atom. The maximum absolute atomic E-state index is 12.4. The summed E-state index contributed by atoms with van der Waals surface area (Å²) in [6, 6.07) is 2.91. The second-order valence-electron chi connectivity index (χ2n) is 5.92. The molecule has 0 bridgehead atoms. The molecule has 1 heterocycles. The van der Waals surface area contributed by atoms with Gasteiger partial charge in [-0.3, -0.25) is 9.59 Å². The Bertz CT molecular complexity index is 699. The molecule has 136 valence electrons. The largest absolute Gasteiger partial charge is 0.480 e. The zero-order valence-electron chi connectivity index (χ0n) is 13.4. The van der Waals surface area contributed by atoms with E-state index in [2.05, 4.69) is 21.2 Å². The lowest BCUT2D eigenvalue weighted by Crippen LogP contribution is -2.51. The number of benzene rings is 1. The van der Waals surface area contributed by atoms with E-state index in [1.165, 1.54) is 11.8 Å². The topological polar surface area (TPSA) is 107 Å². The minimum atomic E-state index is -1.20. The van der Waals surface area contributed by atoms with Crippen LogP contribution in [0.25, 0.3) is 0 Å². The summed E-state index contributed by atoms with van der Waals surface area (Å²) in [5.41, 5.74) is 0.634. The number of halogens is 2. The van der Waals surface area contributed by atoms with Crippen LogP contribution in [0.5, 0.6) is 0 Å². The molecule has 1 aliphatic rings. The highest BCUT2D eigenvalue weighted by atomic mass is 79.9. The number of carboxylic acids is 1. The average molecular weight is 434 g/mol. The van der Waals surface area contributed by atoms with Crippen LogP contribution in [0.15, 0.2) is 22.7 Å². The van der Waals surface area contributed by atoms with Gasteiger partial charge >= 0.3 is 5.97 Å². The minimum absolute atomic E-state index is 0.0254. The Kier molecular flexibility index (Phi) is 6.42. The number of carbonyl (C=O) groups excluding carboxylic acids is 2. The Balaban J connectivity index is 2.13. The molecule has 0 aliphatic carbocycles. The van der Waals surface area contributed by atoms with Crippen LogP contribution < -0.4 is 5.32 Å². The molecule has 3 N–H and O–H groups in total. The number of carbonyl (C=O) groups is 3. The van der Waals surface area contributed by atoms with Gasteiger partial charge in [0.05, 0.1) is 6.10 Å². The Labute approximate surface area is 158 Å². The van der Waals surface area contributed by atoms with Gasteiger partial charge in [0.1, 0.15) is 12.1 Å². The molecule has 9 heteroatoms. The lowest BCUT2D eigenvalue weighted by molar-refractivity contribution is -0.143. The Hall–Kier alpha value is -1.64. The van der Waals surface area contributed by atoms with Crippen molar-refractivity contribution >= 4 is 45.3 Å². The standard InChI is InChI=1S/C16H18BrClN2O5/c1-8(21)20-7-11(22)6-14(20)15(23)19-13(16(24)25)5-9-4-10(18)2-3-12(9)17/h2-4,11,13-14,22H,5-7H2,1H3,(H,19,23)(H,24,25)/t11-,13+,14+/m1/s1. The van der Waals surface area contributed by atoms with E-state index in [4.69, 9.17) is 11.6 Å². The molecule has 2 rings (SSSR count). The molecule has 25 heavy (non-hydrogen) atoms. The number of hydrogen-bond acceptors (Lipinski definition) is 4. The molecule has 0 unspecified atom stereocenters. The Morgan fingerprint density at radius 1 is 1.44 bits per heavy atom. The van der Waals surface area contributed by atoms with Crippen molar-refractivity contribution in [2.45, 2.75) is 38.0 Å². The molecule has 0 spiro atoms. The average Bonchev–Trinajstić information content (AvgIpc) is 2.92. The molecule has 0 saturated carbocycles. The maximum Gasteiger partial charge on any atom is 0.326 e. The van der Waals surface area contributed by atoms with Crippen LogP contribution in [-0.4, -0.2) is 57.6 Å². The monoisotopic (exact) mass is 432 g/mol. The van der Waals surface area contributed by atoms with E-state index in [0.717, 1.165) is 0 Å². The number of likely N-dealkylation sites (tertiary alicyclic amines) is 1. The van der Waals surface area contributed by atoms with Crippen LogP contribution in [-0.2, 0) is 20.8 Å². The third-order valence-corrected chi connectivity index (χ3v) is 5.04. The zero-order chi connectivity index (χ0) is 18.7. The second kappa shape index (κ2) is 8.16. The predicted molar refractivity (Wildman–Crippen MR) is 94.2 cm³/mol. The maximum atomic E-state index is 12.4. The minimum Gasteiger partial charge on any atom is -0.480 e. The molecule has 1 saturated heterocycles. The molecule has 1 aromatic rings. The second-order valence-corrected chi connectivity index (χ2v) is 7.21. The van der Waals surface area contributed by atoms with Crippen molar-refractivity contribution in [3.8, 4) is 0 Å². The number of β-amino-alcohol motifs (C(OH)–C–C–N with tert-alkyl or cyclic N) is 1. The summed E-state index contributed by atoms with van der Waals surface area (Å²) in [5, 5.41) is 22.0. The fraction of sp³-hybridized carbons (Fsp3) is 0.438. The van der Waals surface area contributed by atoms with Crippen molar-refractivity contribution in [3.63, 3.8) is 0 Å². The first kappa shape index (κ1) is 19.7. The number of aliphatic hydroxyl groups is 1. The van der Waals surface area contributed by atoms with Crippen LogP contribution in [0.1, 0.15) is 18.9 Å². The lowest BCUT2D eigenvalue weighted by Gasteiger charge is -2.24. The van der Waals surface area contributed by atoms with Crippen molar-refractivity contribution in [1.29, 1.82) is 0 Å². The van der Waals surface area contributed by atoms with Crippen LogP contribution in [0.2, 0.25) is 5.02 Å². The van der Waals surface area contributed by atoms with Gasteiger partial charge < -0.3 is 20.4 Å². The number of nitrogens with one attached hydrogen (secondary N) is 1. The third kappa shape index (κ3) is 4.93. The first-order valence-corrected chi connectivity index (χ1v) is 8.78. The van der Waals surface area contributed by atoms with Crippen LogP contribution in [0.4, 0.5) is 0 Å². The van der Waals surface area contributed by atoms with Gasteiger partial charge in [-0.15, -0.1) is 0 Å². The number of aliphatic hydroxyl groups excluding tert-OH is 1. The number of hydrogen-bond donors (Lipinski definition) is 3. The van der Waals surface area contributed by atoms with Gasteiger partial charge in [-0.2, -0.15) is 0 Å². The van der Waals surface area contributed by atoms with Crippen molar-refractivity contribution in [2.24, 2.45) is 0 Å².